The maximum atomic E-state index is 12.7. The molecule has 4 heteroatoms. The van der Waals surface area contributed by atoms with E-state index in [1.54, 1.807) is 30.5 Å². The maximum absolute atomic E-state index is 12.7. The van der Waals surface area contributed by atoms with Crippen molar-refractivity contribution in [2.24, 2.45) is 0 Å². The van der Waals surface area contributed by atoms with Gasteiger partial charge in [0.05, 0.1) is 22.9 Å². The van der Waals surface area contributed by atoms with Crippen LogP contribution in [0.3, 0.4) is 0 Å². The highest BCUT2D eigenvalue weighted by atomic mass is 16.2. The van der Waals surface area contributed by atoms with E-state index in [2.05, 4.69) is 18.8 Å². The number of nitrogens with zero attached hydrogens (tertiary/aromatic N) is 2. The maximum Gasteiger partial charge on any atom is 0.262 e. The van der Waals surface area contributed by atoms with E-state index in [1.807, 2.05) is 12.1 Å². The van der Waals surface area contributed by atoms with Gasteiger partial charge in [-0.05, 0) is 30.2 Å². The Hall–Kier alpha value is -2.49. The zero-order chi connectivity index (χ0) is 15.5. The summed E-state index contributed by atoms with van der Waals surface area (Å²) in [6, 6.07) is 10.6. The van der Waals surface area contributed by atoms with E-state index in [-0.39, 0.29) is 23.3 Å². The Kier molecular flexibility index (Phi) is 2.55. The molecule has 0 saturated heterocycles. The molecule has 0 fully saturated rings. The molecule has 1 unspecified atom stereocenters. The number of rotatable bonds is 1. The van der Waals surface area contributed by atoms with Crippen molar-refractivity contribution in [3.63, 3.8) is 0 Å². The van der Waals surface area contributed by atoms with Crippen LogP contribution in [-0.4, -0.2) is 21.7 Å². The van der Waals surface area contributed by atoms with Crippen LogP contribution in [0.2, 0.25) is 0 Å². The zero-order valence-electron chi connectivity index (χ0n) is 12.5. The molecule has 2 aromatic rings. The Bertz CT molecular complexity index is 775. The average molecular weight is 292 g/mol. The van der Waals surface area contributed by atoms with Gasteiger partial charge in [0.15, 0.2) is 0 Å². The minimum Gasteiger partial charge on any atom is -0.269 e. The van der Waals surface area contributed by atoms with Crippen molar-refractivity contribution < 1.29 is 9.59 Å². The van der Waals surface area contributed by atoms with Crippen LogP contribution in [0.25, 0.3) is 0 Å². The van der Waals surface area contributed by atoms with Crippen LogP contribution in [-0.2, 0) is 5.41 Å². The van der Waals surface area contributed by atoms with Gasteiger partial charge in [0, 0.05) is 11.6 Å². The summed E-state index contributed by atoms with van der Waals surface area (Å²) in [5, 5.41) is 0. The molecule has 0 N–H and O–H groups in total. The third-order valence-electron chi connectivity index (χ3n) is 4.68. The summed E-state index contributed by atoms with van der Waals surface area (Å²) in [6.07, 6.45) is 2.48. The number of aromatic nitrogens is 1. The molecule has 2 aliphatic rings. The van der Waals surface area contributed by atoms with E-state index in [9.17, 15) is 9.59 Å². The van der Waals surface area contributed by atoms with Crippen molar-refractivity contribution in [3.8, 4) is 0 Å². The number of imide groups is 1. The minimum atomic E-state index is -0.230. The number of pyridine rings is 1. The van der Waals surface area contributed by atoms with E-state index in [4.69, 9.17) is 0 Å². The van der Waals surface area contributed by atoms with Crippen LogP contribution in [0.1, 0.15) is 58.3 Å². The fourth-order valence-corrected chi connectivity index (χ4v) is 3.66. The Labute approximate surface area is 128 Å². The summed E-state index contributed by atoms with van der Waals surface area (Å²) in [5.41, 5.74) is 2.83. The van der Waals surface area contributed by atoms with Crippen molar-refractivity contribution >= 4 is 11.8 Å². The fraction of sp³-hybridized carbons (Fsp3) is 0.278. The molecule has 0 spiro atoms. The smallest absolute Gasteiger partial charge is 0.262 e. The van der Waals surface area contributed by atoms with Gasteiger partial charge in [-0.15, -0.1) is 0 Å². The Morgan fingerprint density at radius 2 is 1.68 bits per heavy atom. The molecule has 22 heavy (non-hydrogen) atoms. The van der Waals surface area contributed by atoms with E-state index < -0.39 is 0 Å². The number of carbonyl (C=O) groups is 2. The van der Waals surface area contributed by atoms with Crippen molar-refractivity contribution in [2.75, 3.05) is 0 Å². The number of amides is 2. The Morgan fingerprint density at radius 3 is 2.32 bits per heavy atom. The third kappa shape index (κ3) is 1.61. The van der Waals surface area contributed by atoms with Crippen molar-refractivity contribution in [1.29, 1.82) is 0 Å². The van der Waals surface area contributed by atoms with Crippen molar-refractivity contribution in [2.45, 2.75) is 31.7 Å². The second-order valence-electron chi connectivity index (χ2n) is 6.57. The van der Waals surface area contributed by atoms with Crippen LogP contribution in [0, 0.1) is 0 Å². The standard InChI is InChI=1S/C18H16N2O2/c1-18(2)10-14(13-8-5-9-19-15(13)18)20-16(21)11-6-3-4-7-12(11)17(20)22/h3-9,14H,10H2,1-2H3. The normalized spacial score (nSPS) is 21.9. The quantitative estimate of drug-likeness (QED) is 0.759. The first-order valence-electron chi connectivity index (χ1n) is 7.43. The number of carbonyl (C=O) groups excluding carboxylic acids is 2. The van der Waals surface area contributed by atoms with Crippen molar-refractivity contribution in [3.05, 3.63) is 65.0 Å². The van der Waals surface area contributed by atoms with Gasteiger partial charge < -0.3 is 0 Å². The second kappa shape index (κ2) is 4.26. The zero-order valence-corrected chi connectivity index (χ0v) is 12.5. The highest BCUT2D eigenvalue weighted by Gasteiger charge is 2.47. The van der Waals surface area contributed by atoms with E-state index in [0.29, 0.717) is 17.5 Å². The predicted octanol–water partition coefficient (Wildman–Crippen LogP) is 3.10. The molecule has 0 bridgehead atoms. The fourth-order valence-electron chi connectivity index (χ4n) is 3.66. The van der Waals surface area contributed by atoms with Gasteiger partial charge in [-0.2, -0.15) is 0 Å². The molecule has 0 radical (unpaired) electrons. The van der Waals surface area contributed by atoms with E-state index >= 15 is 0 Å². The van der Waals surface area contributed by atoms with E-state index in [0.717, 1.165) is 11.3 Å². The van der Waals surface area contributed by atoms with Crippen LogP contribution < -0.4 is 0 Å². The molecule has 4 nitrogen and oxygen atoms in total. The first-order chi connectivity index (χ1) is 10.5. The summed E-state index contributed by atoms with van der Waals surface area (Å²) in [4.78, 5) is 31.3. The third-order valence-corrected chi connectivity index (χ3v) is 4.68. The van der Waals surface area contributed by atoms with Gasteiger partial charge in [0.2, 0.25) is 0 Å². The lowest BCUT2D eigenvalue weighted by Gasteiger charge is -2.24. The summed E-state index contributed by atoms with van der Waals surface area (Å²) >= 11 is 0. The van der Waals surface area contributed by atoms with Gasteiger partial charge in [0.25, 0.3) is 11.8 Å². The largest absolute Gasteiger partial charge is 0.269 e. The lowest BCUT2D eigenvalue weighted by Crippen LogP contribution is -2.33. The van der Waals surface area contributed by atoms with Crippen LogP contribution in [0.15, 0.2) is 42.6 Å². The van der Waals surface area contributed by atoms with Gasteiger partial charge >= 0.3 is 0 Å². The molecule has 2 heterocycles. The van der Waals surface area contributed by atoms with E-state index in [1.165, 1.54) is 4.90 Å². The van der Waals surface area contributed by atoms with Gasteiger partial charge in [0.1, 0.15) is 0 Å². The molecule has 1 aromatic heterocycles. The predicted molar refractivity (Wildman–Crippen MR) is 81.6 cm³/mol. The molecule has 1 aromatic carbocycles. The second-order valence-corrected chi connectivity index (χ2v) is 6.57. The van der Waals surface area contributed by atoms with Crippen LogP contribution in [0.5, 0.6) is 0 Å². The van der Waals surface area contributed by atoms with Gasteiger partial charge in [-0.3, -0.25) is 19.5 Å². The van der Waals surface area contributed by atoms with Crippen LogP contribution >= 0.6 is 0 Å². The lowest BCUT2D eigenvalue weighted by atomic mass is 9.90. The monoisotopic (exact) mass is 292 g/mol. The average Bonchev–Trinajstić information content (AvgIpc) is 2.93. The molecule has 0 saturated carbocycles. The number of hydrogen-bond acceptors (Lipinski definition) is 3. The summed E-state index contributed by atoms with van der Waals surface area (Å²) in [7, 11) is 0. The SMILES string of the molecule is CC1(C)CC(N2C(=O)c3ccccc3C2=O)c2cccnc21. The molecule has 110 valence electrons. The topological polar surface area (TPSA) is 50.3 Å². The molecule has 1 aliphatic carbocycles. The molecular weight excluding hydrogens is 276 g/mol. The highest BCUT2D eigenvalue weighted by molar-refractivity contribution is 6.21. The molecule has 1 atom stereocenters. The molecular formula is C18H16N2O2. The highest BCUT2D eigenvalue weighted by Crippen LogP contribution is 2.47. The first-order valence-corrected chi connectivity index (χ1v) is 7.43. The van der Waals surface area contributed by atoms with Crippen LogP contribution in [0.4, 0.5) is 0 Å². The summed E-state index contributed by atoms with van der Waals surface area (Å²) in [5.74, 6) is -0.392. The number of benzene rings is 1. The first kappa shape index (κ1) is 13.2. The van der Waals surface area contributed by atoms with Crippen molar-refractivity contribution in [1.82, 2.24) is 9.88 Å². The number of fused-ring (bicyclic) bond motifs is 2. The lowest BCUT2D eigenvalue weighted by molar-refractivity contribution is 0.0572. The molecule has 4 rings (SSSR count). The van der Waals surface area contributed by atoms with Gasteiger partial charge in [-0.1, -0.05) is 32.0 Å². The summed E-state index contributed by atoms with van der Waals surface area (Å²) in [6.45, 7) is 4.22. The summed E-state index contributed by atoms with van der Waals surface area (Å²) < 4.78 is 0. The Morgan fingerprint density at radius 1 is 1.05 bits per heavy atom. The molecule has 1 aliphatic heterocycles. The minimum absolute atomic E-state index is 0.142. The number of hydrogen-bond donors (Lipinski definition) is 0. The Balaban J connectivity index is 1.83. The van der Waals surface area contributed by atoms with Gasteiger partial charge in [-0.25, -0.2) is 0 Å². The molecule has 2 amide bonds.